The van der Waals surface area contributed by atoms with E-state index in [1.54, 1.807) is 61.7 Å². The number of benzene rings is 2. The van der Waals surface area contributed by atoms with E-state index in [0.29, 0.717) is 27.8 Å². The topological polar surface area (TPSA) is 61.8 Å². The molecule has 1 aliphatic rings. The standard InChI is InChI=1S/C17H14N2O3S/c1-22-13-8-6-12(7-9-13)19-16(21)14(18-17(19)23)10-11-4-2-3-5-15(11)20/h2-10,20H,1H3,(H,18,23)/b14-10+. The maximum Gasteiger partial charge on any atom is 0.281 e. The lowest BCUT2D eigenvalue weighted by atomic mass is 10.1. The van der Waals surface area contributed by atoms with Gasteiger partial charge in [0.2, 0.25) is 0 Å². The van der Waals surface area contributed by atoms with Gasteiger partial charge in [0, 0.05) is 5.56 Å². The van der Waals surface area contributed by atoms with E-state index >= 15 is 0 Å². The number of thiocarbonyl (C=S) groups is 1. The molecule has 2 aromatic carbocycles. The molecule has 116 valence electrons. The van der Waals surface area contributed by atoms with Gasteiger partial charge in [0.25, 0.3) is 5.91 Å². The molecule has 3 rings (SSSR count). The minimum absolute atomic E-state index is 0.100. The molecule has 6 heteroatoms. The van der Waals surface area contributed by atoms with Gasteiger partial charge in [-0.3, -0.25) is 9.69 Å². The van der Waals surface area contributed by atoms with Crippen molar-refractivity contribution in [2.24, 2.45) is 0 Å². The number of para-hydroxylation sites is 1. The van der Waals surface area contributed by atoms with Gasteiger partial charge in [0.15, 0.2) is 5.11 Å². The van der Waals surface area contributed by atoms with Gasteiger partial charge >= 0.3 is 0 Å². The number of rotatable bonds is 3. The lowest BCUT2D eigenvalue weighted by Gasteiger charge is -2.14. The Morgan fingerprint density at radius 1 is 1.17 bits per heavy atom. The molecule has 5 nitrogen and oxygen atoms in total. The number of hydrogen-bond acceptors (Lipinski definition) is 4. The molecule has 0 atom stereocenters. The molecule has 0 saturated carbocycles. The Kier molecular flexibility index (Phi) is 3.99. The molecule has 0 unspecified atom stereocenters. The van der Waals surface area contributed by atoms with Crippen molar-refractivity contribution in [3.8, 4) is 11.5 Å². The molecule has 0 aromatic heterocycles. The maximum atomic E-state index is 12.6. The number of aromatic hydroxyl groups is 1. The Bertz CT molecular complexity index is 800. The van der Waals surface area contributed by atoms with Gasteiger partial charge in [-0.05, 0) is 48.6 Å². The molecule has 1 aliphatic heterocycles. The molecule has 1 heterocycles. The zero-order valence-corrected chi connectivity index (χ0v) is 13.1. The first-order valence-corrected chi connectivity index (χ1v) is 7.30. The van der Waals surface area contributed by atoms with Crippen molar-refractivity contribution < 1.29 is 14.6 Å². The number of hydrogen-bond donors (Lipinski definition) is 2. The summed E-state index contributed by atoms with van der Waals surface area (Å²) < 4.78 is 5.11. The van der Waals surface area contributed by atoms with Crippen LogP contribution in [-0.4, -0.2) is 23.2 Å². The molecule has 0 spiro atoms. The second kappa shape index (κ2) is 6.10. The quantitative estimate of drug-likeness (QED) is 0.671. The van der Waals surface area contributed by atoms with Gasteiger partial charge in [-0.15, -0.1) is 0 Å². The highest BCUT2D eigenvalue weighted by Crippen LogP contribution is 2.26. The van der Waals surface area contributed by atoms with Gasteiger partial charge < -0.3 is 15.2 Å². The first kappa shape index (κ1) is 15.1. The van der Waals surface area contributed by atoms with E-state index in [4.69, 9.17) is 17.0 Å². The van der Waals surface area contributed by atoms with Crippen LogP contribution < -0.4 is 15.0 Å². The van der Waals surface area contributed by atoms with E-state index in [1.807, 2.05) is 0 Å². The van der Waals surface area contributed by atoms with E-state index in [0.717, 1.165) is 0 Å². The van der Waals surface area contributed by atoms with Crippen molar-refractivity contribution in [3.63, 3.8) is 0 Å². The van der Waals surface area contributed by atoms with E-state index in [9.17, 15) is 9.90 Å². The molecule has 23 heavy (non-hydrogen) atoms. The molecule has 0 bridgehead atoms. The third kappa shape index (κ3) is 2.89. The molecule has 2 aromatic rings. The van der Waals surface area contributed by atoms with Gasteiger partial charge in [-0.2, -0.15) is 0 Å². The second-order valence-electron chi connectivity index (χ2n) is 4.89. The summed E-state index contributed by atoms with van der Waals surface area (Å²) in [6, 6.07) is 13.8. The number of carbonyl (C=O) groups excluding carboxylic acids is 1. The summed E-state index contributed by atoms with van der Waals surface area (Å²) in [7, 11) is 1.58. The molecule has 0 radical (unpaired) electrons. The minimum atomic E-state index is -0.275. The Balaban J connectivity index is 1.92. The Labute approximate surface area is 138 Å². The predicted molar refractivity (Wildman–Crippen MR) is 92.3 cm³/mol. The van der Waals surface area contributed by atoms with Crippen molar-refractivity contribution in [2.45, 2.75) is 0 Å². The molecular formula is C17H14N2O3S. The fourth-order valence-electron chi connectivity index (χ4n) is 2.27. The lowest BCUT2D eigenvalue weighted by Crippen LogP contribution is -2.30. The van der Waals surface area contributed by atoms with E-state index in [-0.39, 0.29) is 11.7 Å². The van der Waals surface area contributed by atoms with Crippen LogP contribution in [0.4, 0.5) is 5.69 Å². The van der Waals surface area contributed by atoms with Crippen molar-refractivity contribution >= 4 is 35.0 Å². The van der Waals surface area contributed by atoms with Gasteiger partial charge in [0.05, 0.1) is 12.8 Å². The van der Waals surface area contributed by atoms with Crippen LogP contribution >= 0.6 is 12.2 Å². The van der Waals surface area contributed by atoms with Crippen LogP contribution in [0.5, 0.6) is 11.5 Å². The highest BCUT2D eigenvalue weighted by Gasteiger charge is 2.32. The molecule has 1 fully saturated rings. The minimum Gasteiger partial charge on any atom is -0.507 e. The lowest BCUT2D eigenvalue weighted by molar-refractivity contribution is -0.113. The van der Waals surface area contributed by atoms with Crippen LogP contribution in [0.25, 0.3) is 6.08 Å². The molecular weight excluding hydrogens is 312 g/mol. The second-order valence-corrected chi connectivity index (χ2v) is 5.27. The number of nitrogens with zero attached hydrogens (tertiary/aromatic N) is 1. The van der Waals surface area contributed by atoms with Crippen molar-refractivity contribution in [1.29, 1.82) is 0 Å². The summed E-state index contributed by atoms with van der Waals surface area (Å²) in [4.78, 5) is 14.0. The third-order valence-electron chi connectivity index (χ3n) is 3.45. The highest BCUT2D eigenvalue weighted by molar-refractivity contribution is 7.80. The van der Waals surface area contributed by atoms with E-state index in [1.165, 1.54) is 4.90 Å². The summed E-state index contributed by atoms with van der Waals surface area (Å²) >= 11 is 5.25. The van der Waals surface area contributed by atoms with Crippen LogP contribution in [0, 0.1) is 0 Å². The average Bonchev–Trinajstić information content (AvgIpc) is 2.84. The number of carbonyl (C=O) groups is 1. The summed E-state index contributed by atoms with van der Waals surface area (Å²) in [5, 5.41) is 13.0. The molecule has 1 saturated heterocycles. The zero-order chi connectivity index (χ0) is 16.4. The number of phenolic OH excluding ortho intramolecular Hbond substituents is 1. The number of nitrogens with one attached hydrogen (secondary N) is 1. The van der Waals surface area contributed by atoms with Gasteiger partial charge in [-0.1, -0.05) is 18.2 Å². The molecule has 1 amide bonds. The summed E-state index contributed by atoms with van der Waals surface area (Å²) in [5.41, 5.74) is 1.50. The fraction of sp³-hybridized carbons (Fsp3) is 0.0588. The summed E-state index contributed by atoms with van der Waals surface area (Å²) in [5.74, 6) is 0.524. The third-order valence-corrected chi connectivity index (χ3v) is 3.73. The van der Waals surface area contributed by atoms with Crippen molar-refractivity contribution in [3.05, 3.63) is 59.8 Å². The zero-order valence-electron chi connectivity index (χ0n) is 12.3. The molecule has 0 aliphatic carbocycles. The highest BCUT2D eigenvalue weighted by atomic mass is 32.1. The van der Waals surface area contributed by atoms with Gasteiger partial charge in [0.1, 0.15) is 17.2 Å². The Morgan fingerprint density at radius 3 is 2.52 bits per heavy atom. The van der Waals surface area contributed by atoms with Crippen LogP contribution in [0.1, 0.15) is 5.56 Å². The first-order valence-electron chi connectivity index (χ1n) is 6.89. The summed E-state index contributed by atoms with van der Waals surface area (Å²) in [6.45, 7) is 0. The average molecular weight is 326 g/mol. The van der Waals surface area contributed by atoms with Crippen LogP contribution in [0.15, 0.2) is 54.2 Å². The Hall–Kier alpha value is -2.86. The normalized spacial score (nSPS) is 15.9. The number of amides is 1. The first-order chi connectivity index (χ1) is 11.1. The predicted octanol–water partition coefficient (Wildman–Crippen LogP) is 2.66. The van der Waals surface area contributed by atoms with Crippen LogP contribution in [-0.2, 0) is 4.79 Å². The summed E-state index contributed by atoms with van der Waals surface area (Å²) in [6.07, 6.45) is 1.58. The van der Waals surface area contributed by atoms with Crippen LogP contribution in [0.2, 0.25) is 0 Å². The largest absolute Gasteiger partial charge is 0.507 e. The smallest absolute Gasteiger partial charge is 0.281 e. The fourth-order valence-corrected chi connectivity index (χ4v) is 2.56. The number of ether oxygens (including phenoxy) is 1. The van der Waals surface area contributed by atoms with Crippen molar-refractivity contribution in [1.82, 2.24) is 5.32 Å². The van der Waals surface area contributed by atoms with Gasteiger partial charge in [-0.25, -0.2) is 0 Å². The van der Waals surface area contributed by atoms with E-state index < -0.39 is 0 Å². The number of anilines is 1. The maximum absolute atomic E-state index is 12.6. The van der Waals surface area contributed by atoms with Crippen molar-refractivity contribution in [2.75, 3.05) is 12.0 Å². The SMILES string of the molecule is COc1ccc(N2C(=O)/C(=C\c3ccccc3O)NC2=S)cc1. The number of phenols is 1. The van der Waals surface area contributed by atoms with Crippen LogP contribution in [0.3, 0.4) is 0 Å². The van der Waals surface area contributed by atoms with E-state index in [2.05, 4.69) is 5.32 Å². The Morgan fingerprint density at radius 2 is 1.87 bits per heavy atom. The molecule has 2 N–H and O–H groups in total. The monoisotopic (exact) mass is 326 g/mol. The number of methoxy groups -OCH3 is 1.